The second kappa shape index (κ2) is 9.60. The monoisotopic (exact) mass is 412 g/mol. The van der Waals surface area contributed by atoms with Crippen LogP contribution in [0.5, 0.6) is 0 Å². The number of amides is 3. The van der Waals surface area contributed by atoms with Gasteiger partial charge in [0.25, 0.3) is 0 Å². The van der Waals surface area contributed by atoms with Crippen molar-refractivity contribution in [3.8, 4) is 0 Å². The molecule has 0 bridgehead atoms. The Morgan fingerprint density at radius 1 is 1.18 bits per heavy atom. The maximum Gasteiger partial charge on any atom is 0.321 e. The summed E-state index contributed by atoms with van der Waals surface area (Å²) < 4.78 is 7.48. The highest BCUT2D eigenvalue weighted by Gasteiger charge is 2.25. The number of anilines is 1. The van der Waals surface area contributed by atoms with Crippen LogP contribution >= 0.6 is 11.8 Å². The van der Waals surface area contributed by atoms with Gasteiger partial charge in [-0.05, 0) is 33.6 Å². The number of rotatable bonds is 6. The molecule has 1 aliphatic rings. The molecule has 1 fully saturated rings. The van der Waals surface area contributed by atoms with E-state index in [2.05, 4.69) is 44.1 Å². The molecule has 0 unspecified atom stereocenters. The SMILES string of the molecule is CC(C)Cn1c(S[C@H](C)C(=O)NC(=O)NC(C)(C)C)nnc1N1CCOCC1. The van der Waals surface area contributed by atoms with Crippen LogP contribution in [0.3, 0.4) is 0 Å². The van der Waals surface area contributed by atoms with Gasteiger partial charge in [-0.3, -0.25) is 14.7 Å². The van der Waals surface area contributed by atoms with E-state index in [1.54, 1.807) is 6.92 Å². The van der Waals surface area contributed by atoms with E-state index < -0.39 is 16.8 Å². The van der Waals surface area contributed by atoms with Gasteiger partial charge in [0.15, 0.2) is 5.16 Å². The van der Waals surface area contributed by atoms with Crippen LogP contribution in [-0.4, -0.2) is 63.8 Å². The summed E-state index contributed by atoms with van der Waals surface area (Å²) in [7, 11) is 0. The van der Waals surface area contributed by atoms with Crippen LogP contribution in [0.4, 0.5) is 10.7 Å². The Morgan fingerprint density at radius 3 is 2.39 bits per heavy atom. The summed E-state index contributed by atoms with van der Waals surface area (Å²) in [4.78, 5) is 26.5. The number of aromatic nitrogens is 3. The van der Waals surface area contributed by atoms with E-state index in [4.69, 9.17) is 4.74 Å². The molecule has 1 atom stereocenters. The lowest BCUT2D eigenvalue weighted by molar-refractivity contribution is -0.119. The highest BCUT2D eigenvalue weighted by molar-refractivity contribution is 8.00. The van der Waals surface area contributed by atoms with Crippen molar-refractivity contribution in [1.82, 2.24) is 25.4 Å². The quantitative estimate of drug-likeness (QED) is 0.688. The van der Waals surface area contributed by atoms with Crippen LogP contribution in [0.1, 0.15) is 41.5 Å². The van der Waals surface area contributed by atoms with Crippen LogP contribution in [0.15, 0.2) is 5.16 Å². The molecule has 10 heteroatoms. The first kappa shape index (κ1) is 22.5. The van der Waals surface area contributed by atoms with Crippen molar-refractivity contribution in [3.63, 3.8) is 0 Å². The number of nitrogens with one attached hydrogen (secondary N) is 2. The number of urea groups is 1. The van der Waals surface area contributed by atoms with Crippen molar-refractivity contribution < 1.29 is 14.3 Å². The molecule has 0 aliphatic carbocycles. The number of hydrogen-bond acceptors (Lipinski definition) is 7. The van der Waals surface area contributed by atoms with Gasteiger partial charge in [-0.15, -0.1) is 10.2 Å². The second-order valence-corrected chi connectivity index (χ2v) is 9.65. The Balaban J connectivity index is 2.08. The predicted molar refractivity (Wildman–Crippen MR) is 110 cm³/mol. The summed E-state index contributed by atoms with van der Waals surface area (Å²) >= 11 is 1.30. The van der Waals surface area contributed by atoms with Crippen molar-refractivity contribution in [1.29, 1.82) is 0 Å². The summed E-state index contributed by atoms with van der Waals surface area (Å²) in [5.74, 6) is 0.841. The molecular formula is C18H32N6O3S. The largest absolute Gasteiger partial charge is 0.378 e. The zero-order valence-corrected chi connectivity index (χ0v) is 18.4. The fourth-order valence-electron chi connectivity index (χ4n) is 2.69. The van der Waals surface area contributed by atoms with Gasteiger partial charge in [0.05, 0.1) is 18.5 Å². The van der Waals surface area contributed by atoms with Gasteiger partial charge < -0.3 is 15.0 Å². The zero-order valence-electron chi connectivity index (χ0n) is 17.6. The minimum Gasteiger partial charge on any atom is -0.378 e. The Bertz CT molecular complexity index is 679. The molecule has 1 aliphatic heterocycles. The van der Waals surface area contributed by atoms with Gasteiger partial charge >= 0.3 is 6.03 Å². The van der Waals surface area contributed by atoms with E-state index in [9.17, 15) is 9.59 Å². The Morgan fingerprint density at radius 2 is 1.82 bits per heavy atom. The molecule has 0 aromatic carbocycles. The van der Waals surface area contributed by atoms with Crippen LogP contribution in [0.25, 0.3) is 0 Å². The van der Waals surface area contributed by atoms with Crippen LogP contribution < -0.4 is 15.5 Å². The maximum absolute atomic E-state index is 12.4. The van der Waals surface area contributed by atoms with Crippen LogP contribution in [0, 0.1) is 5.92 Å². The molecular weight excluding hydrogens is 380 g/mol. The van der Waals surface area contributed by atoms with E-state index in [0.29, 0.717) is 24.3 Å². The van der Waals surface area contributed by atoms with E-state index in [1.165, 1.54) is 11.8 Å². The fourth-order valence-corrected chi connectivity index (χ4v) is 3.54. The van der Waals surface area contributed by atoms with Gasteiger partial charge in [0.2, 0.25) is 11.9 Å². The minimum absolute atomic E-state index is 0.362. The highest BCUT2D eigenvalue weighted by Crippen LogP contribution is 2.27. The van der Waals surface area contributed by atoms with Gasteiger partial charge in [0, 0.05) is 25.2 Å². The van der Waals surface area contributed by atoms with Crippen molar-refractivity contribution in [2.75, 3.05) is 31.2 Å². The molecule has 0 radical (unpaired) electrons. The van der Waals surface area contributed by atoms with E-state index >= 15 is 0 Å². The van der Waals surface area contributed by atoms with Gasteiger partial charge in [-0.25, -0.2) is 4.79 Å². The topological polar surface area (TPSA) is 101 Å². The van der Waals surface area contributed by atoms with Gasteiger partial charge in [-0.1, -0.05) is 25.6 Å². The Hall–Kier alpha value is -1.81. The Labute approximate surface area is 171 Å². The number of morpholine rings is 1. The smallest absolute Gasteiger partial charge is 0.321 e. The number of imide groups is 1. The van der Waals surface area contributed by atoms with Gasteiger partial charge in [0.1, 0.15) is 0 Å². The maximum atomic E-state index is 12.4. The molecule has 1 aromatic heterocycles. The summed E-state index contributed by atoms with van der Waals surface area (Å²) in [6.07, 6.45) is 0. The second-order valence-electron chi connectivity index (χ2n) is 8.34. The summed E-state index contributed by atoms with van der Waals surface area (Å²) in [6, 6.07) is -0.498. The number of ether oxygens (including phenoxy) is 1. The first-order chi connectivity index (χ1) is 13.1. The molecule has 1 aromatic rings. The van der Waals surface area contributed by atoms with Crippen LogP contribution in [-0.2, 0) is 16.1 Å². The summed E-state index contributed by atoms with van der Waals surface area (Å²) in [5, 5.41) is 14.0. The third-order valence-corrected chi connectivity index (χ3v) is 5.00. The third kappa shape index (κ3) is 6.66. The summed E-state index contributed by atoms with van der Waals surface area (Å²) in [5.41, 5.74) is -0.411. The lowest BCUT2D eigenvalue weighted by Gasteiger charge is -2.28. The molecule has 1 saturated heterocycles. The number of thioether (sulfide) groups is 1. The molecule has 0 spiro atoms. The van der Waals surface area contributed by atoms with Crippen molar-refractivity contribution in [2.45, 2.75) is 64.0 Å². The lowest BCUT2D eigenvalue weighted by atomic mass is 10.1. The Kier molecular flexibility index (Phi) is 7.70. The highest BCUT2D eigenvalue weighted by atomic mass is 32.2. The third-order valence-electron chi connectivity index (χ3n) is 3.92. The molecule has 158 valence electrons. The van der Waals surface area contributed by atoms with E-state index in [0.717, 1.165) is 25.6 Å². The molecule has 28 heavy (non-hydrogen) atoms. The standard InChI is InChI=1S/C18H32N6O3S/c1-12(2)11-24-16(23-7-9-27-10-8-23)21-22-17(24)28-13(3)14(25)19-15(26)20-18(4,5)6/h12-13H,7-11H2,1-6H3,(H2,19,20,25,26)/t13-/m1/s1. The number of hydrogen-bond donors (Lipinski definition) is 2. The molecule has 2 heterocycles. The molecule has 2 rings (SSSR count). The van der Waals surface area contributed by atoms with E-state index in [-0.39, 0.29) is 5.91 Å². The molecule has 9 nitrogen and oxygen atoms in total. The van der Waals surface area contributed by atoms with Gasteiger partial charge in [-0.2, -0.15) is 0 Å². The number of carbonyl (C=O) groups is 2. The average Bonchev–Trinajstić information content (AvgIpc) is 2.95. The molecule has 2 N–H and O–H groups in total. The van der Waals surface area contributed by atoms with Crippen molar-refractivity contribution in [3.05, 3.63) is 0 Å². The lowest BCUT2D eigenvalue weighted by Crippen LogP contribution is -2.49. The first-order valence-corrected chi connectivity index (χ1v) is 10.5. The average molecular weight is 413 g/mol. The summed E-state index contributed by atoms with van der Waals surface area (Å²) in [6.45, 7) is 15.2. The van der Waals surface area contributed by atoms with Crippen LogP contribution in [0.2, 0.25) is 0 Å². The number of nitrogens with zero attached hydrogens (tertiary/aromatic N) is 4. The van der Waals surface area contributed by atoms with Crippen molar-refractivity contribution >= 4 is 29.6 Å². The molecule has 0 saturated carbocycles. The zero-order chi connectivity index (χ0) is 20.9. The number of carbonyl (C=O) groups excluding carboxylic acids is 2. The predicted octanol–water partition coefficient (Wildman–Crippen LogP) is 1.88. The van der Waals surface area contributed by atoms with E-state index in [1.807, 2.05) is 20.8 Å². The minimum atomic E-state index is -0.498. The first-order valence-electron chi connectivity index (χ1n) is 9.62. The normalized spacial score (nSPS) is 16.2. The van der Waals surface area contributed by atoms with Crippen molar-refractivity contribution in [2.24, 2.45) is 5.92 Å². The molecule has 3 amide bonds. The fraction of sp³-hybridized carbons (Fsp3) is 0.778.